The highest BCUT2D eigenvalue weighted by atomic mass is 16.5. The van der Waals surface area contributed by atoms with Gasteiger partial charge in [0.25, 0.3) is 0 Å². The highest BCUT2D eigenvalue weighted by Gasteiger charge is 2.29. The van der Waals surface area contributed by atoms with Crippen LogP contribution in [0.5, 0.6) is 0 Å². The Bertz CT molecular complexity index is 435. The highest BCUT2D eigenvalue weighted by molar-refractivity contribution is 5.85. The van der Waals surface area contributed by atoms with Gasteiger partial charge in [-0.3, -0.25) is 4.79 Å². The molecule has 1 aliphatic heterocycles. The van der Waals surface area contributed by atoms with Crippen molar-refractivity contribution in [2.75, 3.05) is 30.4 Å². The largest absolute Gasteiger partial charge is 0.396 e. The van der Waals surface area contributed by atoms with Gasteiger partial charge in [-0.25, -0.2) is 4.98 Å². The topological polar surface area (TPSA) is 94.5 Å². The van der Waals surface area contributed by atoms with Gasteiger partial charge in [-0.2, -0.15) is 0 Å². The molecule has 1 aromatic rings. The molecule has 17 heavy (non-hydrogen) atoms. The minimum absolute atomic E-state index is 0.282. The SMILES string of the molecule is Cc1ccnc(N2CCOCC2C(N)=O)c1N. The number of nitrogens with two attached hydrogens (primary N) is 2. The number of primary amides is 1. The Kier molecular flexibility index (Phi) is 3.14. The van der Waals surface area contributed by atoms with Crippen LogP contribution in [-0.4, -0.2) is 36.7 Å². The van der Waals surface area contributed by atoms with Crippen LogP contribution in [0.2, 0.25) is 0 Å². The maximum absolute atomic E-state index is 11.4. The maximum Gasteiger partial charge on any atom is 0.242 e. The molecule has 0 radical (unpaired) electrons. The summed E-state index contributed by atoms with van der Waals surface area (Å²) in [4.78, 5) is 17.4. The summed E-state index contributed by atoms with van der Waals surface area (Å²) in [7, 11) is 0. The van der Waals surface area contributed by atoms with E-state index in [4.69, 9.17) is 16.2 Å². The summed E-state index contributed by atoms with van der Waals surface area (Å²) in [5.74, 6) is 0.185. The molecule has 1 saturated heterocycles. The minimum atomic E-state index is -0.500. The number of rotatable bonds is 2. The predicted molar refractivity (Wildman–Crippen MR) is 64.5 cm³/mol. The molecule has 1 atom stereocenters. The number of ether oxygens (including phenoxy) is 1. The Balaban J connectivity index is 2.36. The molecule has 1 fully saturated rings. The standard InChI is InChI=1S/C11H16N4O2/c1-7-2-3-14-11(9(7)12)15-4-5-17-6-8(15)10(13)16/h2-3,8H,4-6,12H2,1H3,(H2,13,16). The summed E-state index contributed by atoms with van der Waals surface area (Å²) in [6.07, 6.45) is 1.68. The molecule has 0 aromatic carbocycles. The van der Waals surface area contributed by atoms with Crippen molar-refractivity contribution in [1.82, 2.24) is 4.98 Å². The second-order valence-electron chi connectivity index (χ2n) is 4.05. The number of carbonyl (C=O) groups is 1. The van der Waals surface area contributed by atoms with E-state index >= 15 is 0 Å². The first-order chi connectivity index (χ1) is 8.11. The molecule has 6 nitrogen and oxygen atoms in total. The van der Waals surface area contributed by atoms with Gasteiger partial charge in [0.05, 0.1) is 18.9 Å². The molecule has 2 rings (SSSR count). The van der Waals surface area contributed by atoms with E-state index < -0.39 is 11.9 Å². The lowest BCUT2D eigenvalue weighted by Gasteiger charge is -2.35. The van der Waals surface area contributed by atoms with Crippen molar-refractivity contribution in [2.24, 2.45) is 5.73 Å². The third-order valence-electron chi connectivity index (χ3n) is 2.92. The smallest absolute Gasteiger partial charge is 0.242 e. The number of carbonyl (C=O) groups excluding carboxylic acids is 1. The summed E-state index contributed by atoms with van der Waals surface area (Å²) in [6, 6.07) is 1.33. The van der Waals surface area contributed by atoms with Gasteiger partial charge in [0.1, 0.15) is 6.04 Å². The summed E-state index contributed by atoms with van der Waals surface area (Å²) < 4.78 is 5.25. The lowest BCUT2D eigenvalue weighted by Crippen LogP contribution is -2.53. The van der Waals surface area contributed by atoms with Crippen LogP contribution >= 0.6 is 0 Å². The number of pyridine rings is 1. The Morgan fingerprint density at radius 3 is 3.12 bits per heavy atom. The van der Waals surface area contributed by atoms with Gasteiger partial charge in [-0.05, 0) is 18.6 Å². The Labute approximate surface area is 99.5 Å². The molecule has 1 aromatic heterocycles. The van der Waals surface area contributed by atoms with E-state index in [1.165, 1.54) is 0 Å². The molecule has 2 heterocycles. The molecular formula is C11H16N4O2. The lowest BCUT2D eigenvalue weighted by atomic mass is 10.1. The first-order valence-corrected chi connectivity index (χ1v) is 5.46. The second kappa shape index (κ2) is 4.58. The van der Waals surface area contributed by atoms with Gasteiger partial charge in [-0.1, -0.05) is 0 Å². The van der Waals surface area contributed by atoms with E-state index in [1.54, 1.807) is 6.20 Å². The molecule has 0 aliphatic carbocycles. The van der Waals surface area contributed by atoms with E-state index in [9.17, 15) is 4.79 Å². The van der Waals surface area contributed by atoms with Gasteiger partial charge in [0.15, 0.2) is 5.82 Å². The van der Waals surface area contributed by atoms with Gasteiger partial charge in [-0.15, -0.1) is 0 Å². The van der Waals surface area contributed by atoms with Crippen molar-refractivity contribution in [3.63, 3.8) is 0 Å². The third kappa shape index (κ3) is 2.16. The third-order valence-corrected chi connectivity index (χ3v) is 2.92. The minimum Gasteiger partial charge on any atom is -0.396 e. The molecule has 0 bridgehead atoms. The zero-order valence-corrected chi connectivity index (χ0v) is 9.72. The fourth-order valence-corrected chi connectivity index (χ4v) is 1.88. The van der Waals surface area contributed by atoms with Crippen molar-refractivity contribution < 1.29 is 9.53 Å². The molecule has 1 amide bonds. The van der Waals surface area contributed by atoms with Crippen LogP contribution in [0.15, 0.2) is 12.3 Å². The zero-order valence-electron chi connectivity index (χ0n) is 9.72. The van der Waals surface area contributed by atoms with E-state index in [2.05, 4.69) is 4.98 Å². The van der Waals surface area contributed by atoms with Crippen molar-refractivity contribution in [2.45, 2.75) is 13.0 Å². The van der Waals surface area contributed by atoms with Crippen LogP contribution in [0, 0.1) is 6.92 Å². The monoisotopic (exact) mass is 236 g/mol. The quantitative estimate of drug-likeness (QED) is 0.732. The average Bonchev–Trinajstić information content (AvgIpc) is 2.33. The number of morpholine rings is 1. The van der Waals surface area contributed by atoms with Crippen molar-refractivity contribution in [3.8, 4) is 0 Å². The Hall–Kier alpha value is -1.82. The summed E-state index contributed by atoms with van der Waals surface area (Å²) in [5.41, 5.74) is 12.9. The van der Waals surface area contributed by atoms with E-state index in [1.807, 2.05) is 17.9 Å². The molecule has 0 saturated carbocycles. The van der Waals surface area contributed by atoms with Crippen molar-refractivity contribution in [3.05, 3.63) is 17.8 Å². The van der Waals surface area contributed by atoms with Crippen molar-refractivity contribution in [1.29, 1.82) is 0 Å². The van der Waals surface area contributed by atoms with Gasteiger partial charge in [0, 0.05) is 12.7 Å². The average molecular weight is 236 g/mol. The Morgan fingerprint density at radius 2 is 2.41 bits per heavy atom. The number of nitrogens with zero attached hydrogens (tertiary/aromatic N) is 2. The maximum atomic E-state index is 11.4. The number of aromatic nitrogens is 1. The van der Waals surface area contributed by atoms with Crippen molar-refractivity contribution >= 4 is 17.4 Å². The number of nitrogen functional groups attached to an aromatic ring is 1. The molecule has 6 heteroatoms. The predicted octanol–water partition coefficient (Wildman–Crippen LogP) is -0.337. The number of hydrogen-bond acceptors (Lipinski definition) is 5. The first-order valence-electron chi connectivity index (χ1n) is 5.46. The molecule has 92 valence electrons. The molecular weight excluding hydrogens is 220 g/mol. The number of aryl methyl sites for hydroxylation is 1. The van der Waals surface area contributed by atoms with Crippen LogP contribution in [0.3, 0.4) is 0 Å². The van der Waals surface area contributed by atoms with Crippen LogP contribution in [-0.2, 0) is 9.53 Å². The molecule has 1 aliphatic rings. The Morgan fingerprint density at radius 1 is 1.65 bits per heavy atom. The fourth-order valence-electron chi connectivity index (χ4n) is 1.88. The van der Waals surface area contributed by atoms with Crippen LogP contribution in [0.1, 0.15) is 5.56 Å². The number of anilines is 2. The lowest BCUT2D eigenvalue weighted by molar-refractivity contribution is -0.121. The van der Waals surface area contributed by atoms with Gasteiger partial charge in [0.2, 0.25) is 5.91 Å². The molecule has 4 N–H and O–H groups in total. The first kappa shape index (κ1) is 11.7. The summed E-state index contributed by atoms with van der Waals surface area (Å²) in [5, 5.41) is 0. The normalized spacial score (nSPS) is 20.3. The van der Waals surface area contributed by atoms with Crippen LogP contribution < -0.4 is 16.4 Å². The van der Waals surface area contributed by atoms with Crippen LogP contribution in [0.25, 0.3) is 0 Å². The summed E-state index contributed by atoms with van der Waals surface area (Å²) >= 11 is 0. The second-order valence-corrected chi connectivity index (χ2v) is 4.05. The number of amides is 1. The highest BCUT2D eigenvalue weighted by Crippen LogP contribution is 2.26. The van der Waals surface area contributed by atoms with Gasteiger partial charge < -0.3 is 21.1 Å². The van der Waals surface area contributed by atoms with E-state index in [0.717, 1.165) is 5.56 Å². The fraction of sp³-hybridized carbons (Fsp3) is 0.455. The van der Waals surface area contributed by atoms with Crippen LogP contribution in [0.4, 0.5) is 11.5 Å². The van der Waals surface area contributed by atoms with E-state index in [0.29, 0.717) is 24.7 Å². The zero-order chi connectivity index (χ0) is 12.4. The van der Waals surface area contributed by atoms with E-state index in [-0.39, 0.29) is 6.61 Å². The summed E-state index contributed by atoms with van der Waals surface area (Å²) in [6.45, 7) is 3.29. The molecule has 0 spiro atoms. The molecule has 1 unspecified atom stereocenters. The van der Waals surface area contributed by atoms with Gasteiger partial charge >= 0.3 is 0 Å². The number of hydrogen-bond donors (Lipinski definition) is 2.